The molecule has 0 aliphatic heterocycles. The lowest BCUT2D eigenvalue weighted by Gasteiger charge is -2.18. The number of halogens is 1. The molecule has 4 aromatic rings. The van der Waals surface area contributed by atoms with Gasteiger partial charge in [0, 0.05) is 27.6 Å². The number of hydrogen-bond acceptors (Lipinski definition) is 4. The first kappa shape index (κ1) is 20.5. The largest absolute Gasteiger partial charge is 0.383 e. The molecule has 1 aromatic heterocycles. The molecule has 4 rings (SSSR count). The number of nitriles is 1. The molecule has 0 fully saturated rings. The Balaban J connectivity index is 2.00. The number of rotatable bonds is 5. The molecule has 0 saturated carbocycles. The van der Waals surface area contributed by atoms with Crippen LogP contribution in [0.1, 0.15) is 21.5 Å². The average molecular weight is 468 g/mol. The summed E-state index contributed by atoms with van der Waals surface area (Å²) in [5.74, 6) is 0.0942. The molecular weight excluding hydrogens is 450 g/mol. The molecule has 0 amide bonds. The molecule has 3 aromatic carbocycles. The predicted octanol–water partition coefficient (Wildman–Crippen LogP) is 6.06. The highest BCUT2D eigenvalue weighted by Gasteiger charge is 2.23. The first-order chi connectivity index (χ1) is 15.1. The maximum Gasteiger partial charge on any atom is 0.167 e. The molecule has 31 heavy (non-hydrogen) atoms. The van der Waals surface area contributed by atoms with Gasteiger partial charge in [0.2, 0.25) is 0 Å². The normalized spacial score (nSPS) is 10.5. The maximum atomic E-state index is 13.2. The maximum absolute atomic E-state index is 13.2. The van der Waals surface area contributed by atoms with Gasteiger partial charge in [0.1, 0.15) is 17.5 Å². The lowest BCUT2D eigenvalue weighted by Crippen LogP contribution is -2.11. The third-order valence-corrected chi connectivity index (χ3v) is 5.52. The Hall–Kier alpha value is -3.75. The van der Waals surface area contributed by atoms with Gasteiger partial charge in [-0.15, -0.1) is 0 Å². The quantitative estimate of drug-likeness (QED) is 0.361. The van der Waals surface area contributed by atoms with Crippen LogP contribution < -0.4 is 5.73 Å². The van der Waals surface area contributed by atoms with Gasteiger partial charge >= 0.3 is 0 Å². The molecule has 0 unspecified atom stereocenters. The van der Waals surface area contributed by atoms with Crippen molar-refractivity contribution >= 4 is 27.5 Å². The van der Waals surface area contributed by atoms with Crippen molar-refractivity contribution in [3.63, 3.8) is 0 Å². The summed E-state index contributed by atoms with van der Waals surface area (Å²) in [5.41, 5.74) is 10.7. The number of carbonyl (C=O) groups excluding carboxylic acids is 1. The number of carbonyl (C=O) groups is 1. The van der Waals surface area contributed by atoms with Gasteiger partial charge in [-0.3, -0.25) is 4.79 Å². The van der Waals surface area contributed by atoms with E-state index >= 15 is 0 Å². The second-order valence-corrected chi connectivity index (χ2v) is 7.94. The van der Waals surface area contributed by atoms with Gasteiger partial charge < -0.3 is 5.73 Å². The molecule has 0 spiro atoms. The lowest BCUT2D eigenvalue weighted by molar-refractivity contribution is 0.0993. The zero-order valence-electron chi connectivity index (χ0n) is 16.5. The number of nitrogen functional groups attached to an aromatic ring is 1. The number of Topliss-reactive ketones (excluding diaryl/α,β-unsaturated/α-hetero) is 1. The Morgan fingerprint density at radius 1 is 0.935 bits per heavy atom. The Labute approximate surface area is 189 Å². The van der Waals surface area contributed by atoms with Crippen LogP contribution in [0.2, 0.25) is 0 Å². The van der Waals surface area contributed by atoms with Crippen LogP contribution in [-0.4, -0.2) is 10.8 Å². The highest BCUT2D eigenvalue weighted by atomic mass is 79.9. The third-order valence-electron chi connectivity index (χ3n) is 5.03. The van der Waals surface area contributed by atoms with Crippen molar-refractivity contribution in [3.8, 4) is 28.5 Å². The van der Waals surface area contributed by atoms with E-state index in [2.05, 4.69) is 27.0 Å². The van der Waals surface area contributed by atoms with Crippen molar-refractivity contribution in [2.45, 2.75) is 6.42 Å². The van der Waals surface area contributed by atoms with Crippen molar-refractivity contribution in [3.05, 3.63) is 106 Å². The summed E-state index contributed by atoms with van der Waals surface area (Å²) in [5, 5.41) is 9.88. The molecule has 0 bridgehead atoms. The second kappa shape index (κ2) is 8.95. The zero-order valence-corrected chi connectivity index (χ0v) is 18.1. The van der Waals surface area contributed by atoms with Gasteiger partial charge in [-0.05, 0) is 23.3 Å². The fourth-order valence-electron chi connectivity index (χ4n) is 3.61. The topological polar surface area (TPSA) is 79.8 Å². The van der Waals surface area contributed by atoms with E-state index in [1.165, 1.54) is 0 Å². The van der Waals surface area contributed by atoms with E-state index in [9.17, 15) is 10.1 Å². The van der Waals surface area contributed by atoms with Crippen molar-refractivity contribution in [2.24, 2.45) is 0 Å². The molecule has 0 radical (unpaired) electrons. The summed E-state index contributed by atoms with van der Waals surface area (Å²) in [6.07, 6.45) is 0.0953. The van der Waals surface area contributed by atoms with E-state index in [0.29, 0.717) is 22.4 Å². The van der Waals surface area contributed by atoms with E-state index in [0.717, 1.165) is 15.6 Å². The summed E-state index contributed by atoms with van der Waals surface area (Å²) in [6, 6.07) is 28.5. The highest BCUT2D eigenvalue weighted by molar-refractivity contribution is 9.10. The average Bonchev–Trinajstić information content (AvgIpc) is 2.80. The van der Waals surface area contributed by atoms with Crippen molar-refractivity contribution < 1.29 is 4.79 Å². The number of nitrogens with zero attached hydrogens (tertiary/aromatic N) is 2. The molecule has 0 aliphatic rings. The van der Waals surface area contributed by atoms with Gasteiger partial charge in [0.25, 0.3) is 0 Å². The Bertz CT molecular complexity index is 1300. The first-order valence-corrected chi connectivity index (χ1v) is 10.5. The number of ketones is 1. The number of aromatic nitrogens is 1. The predicted molar refractivity (Wildman–Crippen MR) is 126 cm³/mol. The fourth-order valence-corrected chi connectivity index (χ4v) is 4.01. The molecule has 0 atom stereocenters. The molecule has 0 aliphatic carbocycles. The number of anilines is 1. The van der Waals surface area contributed by atoms with E-state index in [1.54, 1.807) is 12.1 Å². The molecule has 1 heterocycles. The molecule has 5 heteroatoms. The third kappa shape index (κ3) is 4.25. The van der Waals surface area contributed by atoms with E-state index in [1.807, 2.05) is 72.8 Å². The Kier molecular flexibility index (Phi) is 5.92. The highest BCUT2D eigenvalue weighted by Crippen LogP contribution is 2.37. The lowest BCUT2D eigenvalue weighted by atomic mass is 9.88. The van der Waals surface area contributed by atoms with Gasteiger partial charge in [-0.1, -0.05) is 88.7 Å². The zero-order chi connectivity index (χ0) is 21.8. The number of hydrogen-bond donors (Lipinski definition) is 1. The molecular formula is C26H18BrN3O. The Morgan fingerprint density at radius 2 is 1.58 bits per heavy atom. The van der Waals surface area contributed by atoms with Gasteiger partial charge in [-0.25, -0.2) is 4.98 Å². The van der Waals surface area contributed by atoms with Crippen LogP contribution in [0.4, 0.5) is 5.82 Å². The van der Waals surface area contributed by atoms with Crippen LogP contribution in [0.25, 0.3) is 22.4 Å². The van der Waals surface area contributed by atoms with Crippen LogP contribution in [-0.2, 0) is 6.42 Å². The van der Waals surface area contributed by atoms with Gasteiger partial charge in [0.15, 0.2) is 5.78 Å². The minimum Gasteiger partial charge on any atom is -0.383 e. The van der Waals surface area contributed by atoms with Crippen LogP contribution in [0.3, 0.4) is 0 Å². The van der Waals surface area contributed by atoms with Crippen molar-refractivity contribution in [2.75, 3.05) is 5.73 Å². The first-order valence-electron chi connectivity index (χ1n) is 9.70. The second-order valence-electron chi connectivity index (χ2n) is 7.03. The molecule has 0 saturated heterocycles. The van der Waals surface area contributed by atoms with Gasteiger partial charge in [-0.2, -0.15) is 5.26 Å². The molecule has 4 nitrogen and oxygen atoms in total. The number of benzene rings is 3. The van der Waals surface area contributed by atoms with Crippen molar-refractivity contribution in [1.82, 2.24) is 4.98 Å². The summed E-state index contributed by atoms with van der Waals surface area (Å²) >= 11 is 3.50. The summed E-state index contributed by atoms with van der Waals surface area (Å²) in [7, 11) is 0. The smallest absolute Gasteiger partial charge is 0.167 e. The van der Waals surface area contributed by atoms with Crippen LogP contribution in [0.15, 0.2) is 89.4 Å². The molecule has 2 N–H and O–H groups in total. The minimum absolute atomic E-state index is 0.0514. The summed E-state index contributed by atoms with van der Waals surface area (Å²) < 4.78 is 0.885. The number of nitrogens with two attached hydrogens (primary N) is 1. The standard InChI is InChI=1S/C26H18BrN3O/c27-20-13-7-12-19(14-20)25-21(15-23(31)17-8-3-1-4-9-17)24(18-10-5-2-6-11-18)22(16-28)26(29)30-25/h1-14H,15H2,(H2,29,30). The monoisotopic (exact) mass is 467 g/mol. The summed E-state index contributed by atoms with van der Waals surface area (Å²) in [4.78, 5) is 17.8. The number of pyridine rings is 1. The Morgan fingerprint density at radius 3 is 2.23 bits per heavy atom. The van der Waals surface area contributed by atoms with Gasteiger partial charge in [0.05, 0.1) is 5.69 Å². The van der Waals surface area contributed by atoms with E-state index in [-0.39, 0.29) is 23.6 Å². The van der Waals surface area contributed by atoms with Crippen LogP contribution in [0.5, 0.6) is 0 Å². The minimum atomic E-state index is -0.0514. The SMILES string of the molecule is N#Cc1c(N)nc(-c2cccc(Br)c2)c(CC(=O)c2ccccc2)c1-c1ccccc1. The van der Waals surface area contributed by atoms with Crippen molar-refractivity contribution in [1.29, 1.82) is 5.26 Å². The summed E-state index contributed by atoms with van der Waals surface area (Å²) in [6.45, 7) is 0. The fraction of sp³-hybridized carbons (Fsp3) is 0.0385. The van der Waals surface area contributed by atoms with E-state index in [4.69, 9.17) is 5.73 Å². The van der Waals surface area contributed by atoms with Crippen LogP contribution in [0, 0.1) is 11.3 Å². The molecule has 150 valence electrons. The van der Waals surface area contributed by atoms with Crippen LogP contribution >= 0.6 is 15.9 Å². The van der Waals surface area contributed by atoms with E-state index < -0.39 is 0 Å².